The van der Waals surface area contributed by atoms with Crippen molar-refractivity contribution in [2.75, 3.05) is 0 Å². The van der Waals surface area contributed by atoms with Gasteiger partial charge < -0.3 is 10.9 Å². The molecule has 3 N–H and O–H groups in total. The van der Waals surface area contributed by atoms with E-state index in [0.717, 1.165) is 0 Å². The van der Waals surface area contributed by atoms with Crippen LogP contribution in [-0.2, 0) is 0 Å². The third-order valence-corrected chi connectivity index (χ3v) is 2.17. The van der Waals surface area contributed by atoms with E-state index in [2.05, 4.69) is 5.16 Å². The number of rotatable bonds is 1. The van der Waals surface area contributed by atoms with E-state index in [1.165, 1.54) is 0 Å². The topological polar surface area (TPSA) is 58.6 Å². The molecule has 5 heteroatoms. The fraction of sp³-hybridized carbons (Fsp3) is 0.857. The molecule has 0 bridgehead atoms. The average molecular weight is 178 g/mol. The first kappa shape index (κ1) is 9.22. The number of nitrogens with two attached hydrogens (primary N) is 1. The minimum atomic E-state index is -2.64. The van der Waals surface area contributed by atoms with E-state index in [9.17, 15) is 8.78 Å². The fourth-order valence-electron chi connectivity index (χ4n) is 1.51. The maximum atomic E-state index is 12.8. The zero-order chi connectivity index (χ0) is 9.19. The quantitative estimate of drug-likeness (QED) is 0.277. The van der Waals surface area contributed by atoms with E-state index in [0.29, 0.717) is 12.8 Å². The molecule has 1 atom stereocenters. The van der Waals surface area contributed by atoms with Crippen molar-refractivity contribution in [3.8, 4) is 0 Å². The lowest BCUT2D eigenvalue weighted by atomic mass is 9.86. The zero-order valence-corrected chi connectivity index (χ0v) is 6.63. The second-order valence-electron chi connectivity index (χ2n) is 3.17. The molecule has 3 nitrogen and oxygen atoms in total. The van der Waals surface area contributed by atoms with Crippen LogP contribution in [0.5, 0.6) is 0 Å². The van der Waals surface area contributed by atoms with Gasteiger partial charge in [-0.2, -0.15) is 0 Å². The molecule has 0 saturated heterocycles. The van der Waals surface area contributed by atoms with Gasteiger partial charge in [0, 0.05) is 18.8 Å². The smallest absolute Gasteiger partial charge is 0.248 e. The minimum absolute atomic E-state index is 0.0747. The Morgan fingerprint density at radius 1 is 1.58 bits per heavy atom. The molecule has 12 heavy (non-hydrogen) atoms. The lowest BCUT2D eigenvalue weighted by Gasteiger charge is -2.27. The van der Waals surface area contributed by atoms with Gasteiger partial charge in [0.15, 0.2) is 0 Å². The molecule has 1 fully saturated rings. The van der Waals surface area contributed by atoms with Gasteiger partial charge in [-0.3, -0.25) is 0 Å². The van der Waals surface area contributed by atoms with E-state index in [-0.39, 0.29) is 18.7 Å². The molecule has 0 heterocycles. The summed E-state index contributed by atoms with van der Waals surface area (Å²) in [7, 11) is 0. The van der Waals surface area contributed by atoms with Crippen LogP contribution in [0.25, 0.3) is 0 Å². The molecule has 0 aromatic carbocycles. The molecule has 1 rings (SSSR count). The molecule has 1 saturated carbocycles. The molecule has 0 aromatic rings. The lowest BCUT2D eigenvalue weighted by molar-refractivity contribution is -0.0431. The van der Waals surface area contributed by atoms with Crippen molar-refractivity contribution in [2.24, 2.45) is 16.8 Å². The molecule has 70 valence electrons. The van der Waals surface area contributed by atoms with Crippen molar-refractivity contribution in [3.63, 3.8) is 0 Å². The Morgan fingerprint density at radius 2 is 2.25 bits per heavy atom. The Morgan fingerprint density at radius 3 is 2.75 bits per heavy atom. The zero-order valence-electron chi connectivity index (χ0n) is 6.63. The molecule has 0 amide bonds. The van der Waals surface area contributed by atoms with Crippen LogP contribution in [0.3, 0.4) is 0 Å². The summed E-state index contributed by atoms with van der Waals surface area (Å²) in [6.07, 6.45) is 0.657. The van der Waals surface area contributed by atoms with Crippen molar-refractivity contribution in [1.29, 1.82) is 0 Å². The van der Waals surface area contributed by atoms with Crippen molar-refractivity contribution < 1.29 is 14.0 Å². The normalized spacial score (nSPS) is 30.2. The third-order valence-electron chi connectivity index (χ3n) is 2.17. The van der Waals surface area contributed by atoms with Gasteiger partial charge in [-0.25, -0.2) is 8.78 Å². The van der Waals surface area contributed by atoms with E-state index < -0.39 is 11.8 Å². The van der Waals surface area contributed by atoms with Crippen LogP contribution < -0.4 is 5.73 Å². The molecular formula is C7H12F2N2O. The largest absolute Gasteiger partial charge is 0.409 e. The summed E-state index contributed by atoms with van der Waals surface area (Å²) in [5.74, 6) is -3.17. The predicted octanol–water partition coefficient (Wildman–Crippen LogP) is 1.56. The number of nitrogens with zero attached hydrogens (tertiary/aromatic N) is 1. The number of hydrogen-bond acceptors (Lipinski definition) is 2. The SMILES string of the molecule is NC(=NO)C1CCCC(F)(F)C1. The highest BCUT2D eigenvalue weighted by Crippen LogP contribution is 2.36. The Labute approximate surface area is 69.2 Å². The van der Waals surface area contributed by atoms with Gasteiger partial charge in [0.2, 0.25) is 5.92 Å². The Hall–Kier alpha value is -0.870. The molecular weight excluding hydrogens is 166 g/mol. The van der Waals surface area contributed by atoms with Crippen LogP contribution in [0.2, 0.25) is 0 Å². The molecule has 0 aliphatic heterocycles. The lowest BCUT2D eigenvalue weighted by Crippen LogP contribution is -2.34. The summed E-state index contributed by atoms with van der Waals surface area (Å²) in [6, 6.07) is 0. The van der Waals surface area contributed by atoms with Gasteiger partial charge in [0.05, 0.1) is 0 Å². The molecule has 1 unspecified atom stereocenters. The fourth-order valence-corrected chi connectivity index (χ4v) is 1.51. The van der Waals surface area contributed by atoms with Crippen LogP contribution >= 0.6 is 0 Å². The van der Waals surface area contributed by atoms with Crippen LogP contribution in [0.4, 0.5) is 8.78 Å². The summed E-state index contributed by atoms with van der Waals surface area (Å²) in [5, 5.41) is 11.0. The summed E-state index contributed by atoms with van der Waals surface area (Å²) in [6.45, 7) is 0. The highest BCUT2D eigenvalue weighted by molar-refractivity contribution is 5.82. The first-order valence-corrected chi connectivity index (χ1v) is 3.90. The summed E-state index contributed by atoms with van der Waals surface area (Å²) in [5.41, 5.74) is 5.24. The van der Waals surface area contributed by atoms with Gasteiger partial charge in [0.1, 0.15) is 5.84 Å². The van der Waals surface area contributed by atoms with Crippen LogP contribution in [-0.4, -0.2) is 17.0 Å². The molecule has 0 radical (unpaired) electrons. The summed E-state index contributed by atoms with van der Waals surface area (Å²) >= 11 is 0. The Balaban J connectivity index is 2.58. The first-order chi connectivity index (χ1) is 5.55. The van der Waals surface area contributed by atoms with Crippen molar-refractivity contribution in [3.05, 3.63) is 0 Å². The highest BCUT2D eigenvalue weighted by atomic mass is 19.3. The third kappa shape index (κ3) is 2.06. The molecule has 0 aromatic heterocycles. The van der Waals surface area contributed by atoms with E-state index in [1.54, 1.807) is 0 Å². The Kier molecular flexibility index (Phi) is 2.49. The number of oxime groups is 1. The second-order valence-corrected chi connectivity index (χ2v) is 3.17. The summed E-state index contributed by atoms with van der Waals surface area (Å²) < 4.78 is 25.5. The average Bonchev–Trinajstić information content (AvgIpc) is 2.01. The number of halogens is 2. The van der Waals surface area contributed by atoms with E-state index in [1.807, 2.05) is 0 Å². The van der Waals surface area contributed by atoms with E-state index in [4.69, 9.17) is 10.9 Å². The summed E-state index contributed by atoms with van der Waals surface area (Å²) in [4.78, 5) is 0. The van der Waals surface area contributed by atoms with Crippen molar-refractivity contribution in [1.82, 2.24) is 0 Å². The number of alkyl halides is 2. The first-order valence-electron chi connectivity index (χ1n) is 3.90. The molecule has 1 aliphatic carbocycles. The standard InChI is InChI=1S/C7H12F2N2O/c8-7(9)3-1-2-5(4-7)6(10)11-12/h5,12H,1-4H2,(H2,10,11). The van der Waals surface area contributed by atoms with Crippen molar-refractivity contribution >= 4 is 5.84 Å². The van der Waals surface area contributed by atoms with Crippen LogP contribution in [0.1, 0.15) is 25.7 Å². The highest BCUT2D eigenvalue weighted by Gasteiger charge is 2.37. The van der Waals surface area contributed by atoms with Crippen LogP contribution in [0, 0.1) is 5.92 Å². The maximum Gasteiger partial charge on any atom is 0.248 e. The minimum Gasteiger partial charge on any atom is -0.409 e. The van der Waals surface area contributed by atoms with Crippen LogP contribution in [0.15, 0.2) is 5.16 Å². The molecule has 0 spiro atoms. The van der Waals surface area contributed by atoms with Gasteiger partial charge in [0.25, 0.3) is 0 Å². The van der Waals surface area contributed by atoms with Gasteiger partial charge in [-0.05, 0) is 12.8 Å². The predicted molar refractivity (Wildman–Crippen MR) is 40.3 cm³/mol. The second kappa shape index (κ2) is 3.25. The maximum absolute atomic E-state index is 12.8. The van der Waals surface area contributed by atoms with E-state index >= 15 is 0 Å². The van der Waals surface area contributed by atoms with Gasteiger partial charge in [-0.15, -0.1) is 0 Å². The number of amidine groups is 1. The monoisotopic (exact) mass is 178 g/mol. The number of hydrogen-bond donors (Lipinski definition) is 2. The van der Waals surface area contributed by atoms with Gasteiger partial charge >= 0.3 is 0 Å². The molecule has 1 aliphatic rings. The van der Waals surface area contributed by atoms with Gasteiger partial charge in [-0.1, -0.05) is 5.16 Å². The Bertz CT molecular complexity index is 194. The van der Waals surface area contributed by atoms with Crippen molar-refractivity contribution in [2.45, 2.75) is 31.6 Å².